The topological polar surface area (TPSA) is 62.9 Å². The number of unbranched alkanes of at least 4 members (excludes halogenated alkanes) is 1. The number of nitrogens with zero attached hydrogens (tertiary/aromatic N) is 2. The number of nitrogens with two attached hydrogens (primary N) is 1. The highest BCUT2D eigenvalue weighted by Gasteiger charge is 2.22. The molecule has 0 amide bonds. The van der Waals surface area contributed by atoms with Crippen molar-refractivity contribution in [3.05, 3.63) is 0 Å². The van der Waals surface area contributed by atoms with E-state index in [4.69, 9.17) is 10.5 Å². The maximum absolute atomic E-state index is 5.84. The van der Waals surface area contributed by atoms with E-state index in [9.17, 15) is 0 Å². The van der Waals surface area contributed by atoms with Crippen molar-refractivity contribution in [2.45, 2.75) is 38.6 Å². The highest BCUT2D eigenvalue weighted by Crippen LogP contribution is 2.16. The second-order valence-corrected chi connectivity index (χ2v) is 4.78. The number of halogens is 1. The largest absolute Gasteiger partial charge is 0.385 e. The molecular formula is C13H29IN4O. The van der Waals surface area contributed by atoms with Gasteiger partial charge in [0, 0.05) is 26.3 Å². The lowest BCUT2D eigenvalue weighted by atomic mass is 10.2. The Hall–Kier alpha value is -0.0800. The molecule has 0 aromatic rings. The van der Waals surface area contributed by atoms with E-state index < -0.39 is 0 Å². The Labute approximate surface area is 134 Å². The van der Waals surface area contributed by atoms with Crippen LogP contribution in [0.15, 0.2) is 4.99 Å². The first-order valence-corrected chi connectivity index (χ1v) is 7.04. The van der Waals surface area contributed by atoms with E-state index in [1.54, 1.807) is 7.11 Å². The lowest BCUT2D eigenvalue weighted by Crippen LogP contribution is -2.36. The van der Waals surface area contributed by atoms with Gasteiger partial charge in [-0.05, 0) is 38.8 Å². The van der Waals surface area contributed by atoms with Gasteiger partial charge < -0.3 is 15.8 Å². The summed E-state index contributed by atoms with van der Waals surface area (Å²) in [5.41, 5.74) is 5.84. The van der Waals surface area contributed by atoms with Crippen LogP contribution < -0.4 is 11.1 Å². The zero-order valence-corrected chi connectivity index (χ0v) is 14.6. The molecule has 1 atom stereocenters. The molecule has 0 radical (unpaired) electrons. The van der Waals surface area contributed by atoms with Crippen LogP contribution in [0.3, 0.4) is 0 Å². The van der Waals surface area contributed by atoms with Gasteiger partial charge in [0.15, 0.2) is 5.96 Å². The standard InChI is InChI=1S/C13H28N4O.HI/c1-3-17-9-6-7-12(17)11-16-13(14)15-8-4-5-10-18-2;/h12H,3-11H2,1-2H3,(H3,14,15,16);1H. The van der Waals surface area contributed by atoms with E-state index in [2.05, 4.69) is 22.1 Å². The molecule has 0 saturated carbocycles. The Bertz CT molecular complexity index is 251. The van der Waals surface area contributed by atoms with Gasteiger partial charge in [-0.15, -0.1) is 24.0 Å². The van der Waals surface area contributed by atoms with Gasteiger partial charge in [0.05, 0.1) is 6.54 Å². The van der Waals surface area contributed by atoms with Crippen LogP contribution in [-0.2, 0) is 4.74 Å². The van der Waals surface area contributed by atoms with Gasteiger partial charge in [0.25, 0.3) is 0 Å². The van der Waals surface area contributed by atoms with Crippen LogP contribution in [0.5, 0.6) is 0 Å². The minimum Gasteiger partial charge on any atom is -0.385 e. The van der Waals surface area contributed by atoms with Gasteiger partial charge >= 0.3 is 0 Å². The molecule has 114 valence electrons. The average molecular weight is 384 g/mol. The summed E-state index contributed by atoms with van der Waals surface area (Å²) in [6, 6.07) is 0.587. The molecule has 0 spiro atoms. The molecule has 1 rings (SSSR count). The monoisotopic (exact) mass is 384 g/mol. The van der Waals surface area contributed by atoms with Crippen molar-refractivity contribution in [3.8, 4) is 0 Å². The second kappa shape index (κ2) is 11.7. The molecule has 1 aliphatic heterocycles. The predicted molar refractivity (Wildman–Crippen MR) is 91.3 cm³/mol. The molecule has 0 aromatic carbocycles. The number of rotatable bonds is 8. The van der Waals surface area contributed by atoms with Crippen molar-refractivity contribution >= 4 is 29.9 Å². The third-order valence-electron chi connectivity index (χ3n) is 3.46. The smallest absolute Gasteiger partial charge is 0.188 e. The first-order valence-electron chi connectivity index (χ1n) is 7.04. The number of aliphatic imine (C=N–C) groups is 1. The summed E-state index contributed by atoms with van der Waals surface area (Å²) in [6.45, 7) is 7.04. The molecule has 19 heavy (non-hydrogen) atoms. The van der Waals surface area contributed by atoms with Crippen LogP contribution in [0, 0.1) is 0 Å². The number of hydrogen-bond acceptors (Lipinski definition) is 3. The Balaban J connectivity index is 0.00000324. The third-order valence-corrected chi connectivity index (χ3v) is 3.46. The van der Waals surface area contributed by atoms with Crippen LogP contribution in [0.1, 0.15) is 32.6 Å². The summed E-state index contributed by atoms with van der Waals surface area (Å²) in [4.78, 5) is 6.91. The Morgan fingerprint density at radius 1 is 1.47 bits per heavy atom. The number of hydrogen-bond donors (Lipinski definition) is 2. The maximum Gasteiger partial charge on any atom is 0.188 e. The zero-order valence-electron chi connectivity index (χ0n) is 12.2. The van der Waals surface area contributed by atoms with Crippen LogP contribution in [0.25, 0.3) is 0 Å². The third kappa shape index (κ3) is 7.94. The highest BCUT2D eigenvalue weighted by atomic mass is 127. The van der Waals surface area contributed by atoms with E-state index in [-0.39, 0.29) is 24.0 Å². The van der Waals surface area contributed by atoms with Gasteiger partial charge in [0.1, 0.15) is 0 Å². The fourth-order valence-electron chi connectivity index (χ4n) is 2.37. The Morgan fingerprint density at radius 2 is 2.26 bits per heavy atom. The molecule has 0 aromatic heterocycles. The first kappa shape index (κ1) is 18.9. The molecule has 1 unspecified atom stereocenters. The molecule has 1 saturated heterocycles. The van der Waals surface area contributed by atoms with Crippen molar-refractivity contribution in [2.75, 3.05) is 39.9 Å². The van der Waals surface area contributed by atoms with Crippen molar-refractivity contribution < 1.29 is 4.74 Å². The minimum atomic E-state index is 0. The number of ether oxygens (including phenoxy) is 1. The SMILES string of the molecule is CCN1CCCC1CN=C(N)NCCCCOC.I. The van der Waals surface area contributed by atoms with E-state index >= 15 is 0 Å². The fraction of sp³-hybridized carbons (Fsp3) is 0.923. The van der Waals surface area contributed by atoms with Gasteiger partial charge in [0.2, 0.25) is 0 Å². The first-order chi connectivity index (χ1) is 8.77. The van der Waals surface area contributed by atoms with Gasteiger partial charge in [-0.25, -0.2) is 0 Å². The molecule has 1 fully saturated rings. The number of nitrogens with one attached hydrogen (secondary N) is 1. The zero-order chi connectivity index (χ0) is 13.2. The van der Waals surface area contributed by atoms with Crippen LogP contribution in [0.4, 0.5) is 0 Å². The van der Waals surface area contributed by atoms with Crippen LogP contribution in [0.2, 0.25) is 0 Å². The lowest BCUT2D eigenvalue weighted by molar-refractivity contribution is 0.193. The van der Waals surface area contributed by atoms with E-state index in [1.807, 2.05) is 0 Å². The molecule has 6 heteroatoms. The fourth-order valence-corrected chi connectivity index (χ4v) is 2.37. The van der Waals surface area contributed by atoms with Gasteiger partial charge in [-0.1, -0.05) is 6.92 Å². The summed E-state index contributed by atoms with van der Waals surface area (Å²) in [6.07, 6.45) is 4.66. The summed E-state index contributed by atoms with van der Waals surface area (Å²) < 4.78 is 4.99. The highest BCUT2D eigenvalue weighted by molar-refractivity contribution is 14.0. The molecule has 0 bridgehead atoms. The quantitative estimate of drug-likeness (QED) is 0.288. The summed E-state index contributed by atoms with van der Waals surface area (Å²) >= 11 is 0. The molecule has 0 aliphatic carbocycles. The lowest BCUT2D eigenvalue weighted by Gasteiger charge is -2.20. The van der Waals surface area contributed by atoms with Crippen molar-refractivity contribution in [3.63, 3.8) is 0 Å². The van der Waals surface area contributed by atoms with Gasteiger partial charge in [-0.2, -0.15) is 0 Å². The molecule has 5 nitrogen and oxygen atoms in total. The minimum absolute atomic E-state index is 0. The van der Waals surface area contributed by atoms with Crippen LogP contribution >= 0.6 is 24.0 Å². The van der Waals surface area contributed by atoms with Gasteiger partial charge in [-0.3, -0.25) is 9.89 Å². The molecule has 1 heterocycles. The normalized spacial score (nSPS) is 20.3. The van der Waals surface area contributed by atoms with E-state index in [0.717, 1.165) is 39.1 Å². The van der Waals surface area contributed by atoms with Crippen molar-refractivity contribution in [1.82, 2.24) is 10.2 Å². The van der Waals surface area contributed by atoms with Crippen molar-refractivity contribution in [2.24, 2.45) is 10.7 Å². The molecule has 3 N–H and O–H groups in total. The van der Waals surface area contributed by atoms with Crippen molar-refractivity contribution in [1.29, 1.82) is 0 Å². The van der Waals surface area contributed by atoms with E-state index in [1.165, 1.54) is 19.4 Å². The number of methoxy groups -OCH3 is 1. The Morgan fingerprint density at radius 3 is 2.95 bits per heavy atom. The maximum atomic E-state index is 5.84. The van der Waals surface area contributed by atoms with E-state index in [0.29, 0.717) is 12.0 Å². The average Bonchev–Trinajstić information content (AvgIpc) is 2.83. The summed E-state index contributed by atoms with van der Waals surface area (Å²) in [5.74, 6) is 0.579. The summed E-state index contributed by atoms with van der Waals surface area (Å²) in [5, 5.41) is 3.15. The number of guanidine groups is 1. The number of likely N-dealkylation sites (tertiary alicyclic amines) is 1. The summed E-state index contributed by atoms with van der Waals surface area (Å²) in [7, 11) is 1.73. The second-order valence-electron chi connectivity index (χ2n) is 4.78. The predicted octanol–water partition coefficient (Wildman–Crippen LogP) is 1.42. The molecule has 1 aliphatic rings. The van der Waals surface area contributed by atoms with Crippen LogP contribution in [-0.4, -0.2) is 56.8 Å². The molecular weight excluding hydrogens is 355 g/mol. The number of likely N-dealkylation sites (N-methyl/N-ethyl adjacent to an activating group) is 1. The Kier molecular flexibility index (Phi) is 11.7.